The average Bonchev–Trinajstić information content (AvgIpc) is 3.03. The Morgan fingerprint density at radius 2 is 2.08 bits per heavy atom. The van der Waals surface area contributed by atoms with E-state index in [4.69, 9.17) is 0 Å². The average molecular weight is 394 g/mol. The monoisotopic (exact) mass is 393 g/mol. The largest absolute Gasteiger partial charge is 0.354 e. The van der Waals surface area contributed by atoms with Gasteiger partial charge in [-0.2, -0.15) is 0 Å². The van der Waals surface area contributed by atoms with E-state index in [2.05, 4.69) is 31.9 Å². The van der Waals surface area contributed by atoms with E-state index in [0.717, 1.165) is 36.8 Å². The first-order chi connectivity index (χ1) is 11.6. The normalized spacial score (nSPS) is 25.8. The van der Waals surface area contributed by atoms with Crippen molar-refractivity contribution >= 4 is 27.7 Å². The first kappa shape index (κ1) is 17.4. The molecule has 0 aromatic heterocycles. The van der Waals surface area contributed by atoms with Gasteiger partial charge in [-0.3, -0.25) is 9.59 Å². The summed E-state index contributed by atoms with van der Waals surface area (Å²) in [5.41, 5.74) is 0.383. The van der Waals surface area contributed by atoms with Crippen molar-refractivity contribution in [3.05, 3.63) is 34.3 Å². The third kappa shape index (κ3) is 3.64. The lowest BCUT2D eigenvalue weighted by Gasteiger charge is -2.37. The van der Waals surface area contributed by atoms with E-state index in [1.54, 1.807) is 12.1 Å². The molecule has 2 amide bonds. The lowest BCUT2D eigenvalue weighted by molar-refractivity contribution is -0.133. The minimum atomic E-state index is -0.230. The van der Waals surface area contributed by atoms with Gasteiger partial charge in [0.15, 0.2) is 0 Å². The van der Waals surface area contributed by atoms with Crippen LogP contribution >= 0.6 is 15.9 Å². The van der Waals surface area contributed by atoms with Crippen molar-refractivity contribution in [3.8, 4) is 0 Å². The van der Waals surface area contributed by atoms with Gasteiger partial charge in [-0.05, 0) is 43.5 Å². The number of halogens is 1. The maximum Gasteiger partial charge on any atom is 0.251 e. The zero-order valence-corrected chi connectivity index (χ0v) is 15.3. The van der Waals surface area contributed by atoms with Gasteiger partial charge in [0.25, 0.3) is 5.91 Å². The second-order valence-electron chi connectivity index (χ2n) is 6.75. The van der Waals surface area contributed by atoms with Crippen LogP contribution in [-0.2, 0) is 4.79 Å². The molecule has 24 heavy (non-hydrogen) atoms. The van der Waals surface area contributed by atoms with E-state index in [1.165, 1.54) is 6.42 Å². The van der Waals surface area contributed by atoms with Gasteiger partial charge in [0.05, 0.1) is 5.41 Å². The molecule has 0 unspecified atom stereocenters. The van der Waals surface area contributed by atoms with Crippen molar-refractivity contribution in [1.82, 2.24) is 16.0 Å². The highest BCUT2D eigenvalue weighted by molar-refractivity contribution is 9.10. The summed E-state index contributed by atoms with van der Waals surface area (Å²) in [6.07, 6.45) is 4.47. The Labute approximate surface area is 151 Å². The molecule has 2 aliphatic rings. The zero-order valence-electron chi connectivity index (χ0n) is 13.7. The SMILES string of the molecule is O=C(NCCNC(=O)[C@@]12CCCC[C@H]1CNC2)c1cccc(Br)c1. The fraction of sp³-hybridized carbons (Fsp3) is 0.556. The summed E-state index contributed by atoms with van der Waals surface area (Å²) < 4.78 is 0.875. The van der Waals surface area contributed by atoms with Crippen LogP contribution in [0.2, 0.25) is 0 Å². The van der Waals surface area contributed by atoms with Crippen molar-refractivity contribution in [2.24, 2.45) is 11.3 Å². The van der Waals surface area contributed by atoms with Gasteiger partial charge in [-0.1, -0.05) is 34.8 Å². The van der Waals surface area contributed by atoms with Gasteiger partial charge in [0, 0.05) is 29.7 Å². The number of carbonyl (C=O) groups excluding carboxylic acids is 2. The van der Waals surface area contributed by atoms with E-state index < -0.39 is 0 Å². The maximum atomic E-state index is 12.7. The van der Waals surface area contributed by atoms with Gasteiger partial charge in [0.1, 0.15) is 0 Å². The zero-order chi connectivity index (χ0) is 17.0. The molecule has 1 aliphatic heterocycles. The van der Waals surface area contributed by atoms with Crippen molar-refractivity contribution < 1.29 is 9.59 Å². The third-order valence-electron chi connectivity index (χ3n) is 5.27. The molecule has 0 radical (unpaired) electrons. The molecule has 3 rings (SSSR count). The molecule has 3 N–H and O–H groups in total. The smallest absolute Gasteiger partial charge is 0.251 e. The Bertz CT molecular complexity index is 622. The number of rotatable bonds is 5. The number of carbonyl (C=O) groups is 2. The molecular weight excluding hydrogens is 370 g/mol. The van der Waals surface area contributed by atoms with E-state index in [0.29, 0.717) is 24.6 Å². The Hall–Kier alpha value is -1.40. The van der Waals surface area contributed by atoms with Crippen LogP contribution in [0.1, 0.15) is 36.0 Å². The first-order valence-electron chi connectivity index (χ1n) is 8.65. The molecule has 1 saturated carbocycles. The molecular formula is C18H24BrN3O2. The van der Waals surface area contributed by atoms with Gasteiger partial charge in [0.2, 0.25) is 5.91 Å². The highest BCUT2D eigenvalue weighted by Crippen LogP contribution is 2.43. The molecule has 130 valence electrons. The van der Waals surface area contributed by atoms with Crippen molar-refractivity contribution in [2.45, 2.75) is 25.7 Å². The molecule has 6 heteroatoms. The fourth-order valence-corrected chi connectivity index (χ4v) is 4.35. The molecule has 2 atom stereocenters. The summed E-state index contributed by atoms with van der Waals surface area (Å²) in [7, 11) is 0. The van der Waals surface area contributed by atoms with Crippen LogP contribution in [0.25, 0.3) is 0 Å². The van der Waals surface area contributed by atoms with Gasteiger partial charge in [-0.15, -0.1) is 0 Å². The predicted octanol–water partition coefficient (Wildman–Crippen LogP) is 2.07. The summed E-state index contributed by atoms with van der Waals surface area (Å²) in [6, 6.07) is 7.26. The summed E-state index contributed by atoms with van der Waals surface area (Å²) in [4.78, 5) is 24.8. The predicted molar refractivity (Wildman–Crippen MR) is 96.7 cm³/mol. The number of benzene rings is 1. The van der Waals surface area contributed by atoms with E-state index in [1.807, 2.05) is 12.1 Å². The fourth-order valence-electron chi connectivity index (χ4n) is 3.95. The molecule has 1 aromatic carbocycles. The Morgan fingerprint density at radius 3 is 2.92 bits per heavy atom. The minimum absolute atomic E-state index is 0.123. The summed E-state index contributed by atoms with van der Waals surface area (Å²) in [5, 5.41) is 9.27. The summed E-state index contributed by atoms with van der Waals surface area (Å²) in [5.74, 6) is 0.484. The summed E-state index contributed by atoms with van der Waals surface area (Å²) in [6.45, 7) is 2.64. The van der Waals surface area contributed by atoms with Crippen LogP contribution in [0.4, 0.5) is 0 Å². The minimum Gasteiger partial charge on any atom is -0.354 e. The van der Waals surface area contributed by atoms with Crippen molar-refractivity contribution in [2.75, 3.05) is 26.2 Å². The van der Waals surface area contributed by atoms with E-state index in [9.17, 15) is 9.59 Å². The van der Waals surface area contributed by atoms with E-state index in [-0.39, 0.29) is 17.2 Å². The van der Waals surface area contributed by atoms with Crippen molar-refractivity contribution in [3.63, 3.8) is 0 Å². The van der Waals surface area contributed by atoms with Crippen LogP contribution < -0.4 is 16.0 Å². The molecule has 5 nitrogen and oxygen atoms in total. The van der Waals surface area contributed by atoms with Gasteiger partial charge < -0.3 is 16.0 Å². The molecule has 1 aromatic rings. The molecule has 0 spiro atoms. The molecule has 1 heterocycles. The highest BCUT2D eigenvalue weighted by Gasteiger charge is 2.49. The number of amides is 2. The second kappa shape index (κ2) is 7.66. The lowest BCUT2D eigenvalue weighted by atomic mass is 9.67. The lowest BCUT2D eigenvalue weighted by Crippen LogP contribution is -2.49. The third-order valence-corrected chi connectivity index (χ3v) is 5.77. The van der Waals surface area contributed by atoms with Crippen LogP contribution in [0.3, 0.4) is 0 Å². The van der Waals surface area contributed by atoms with Crippen molar-refractivity contribution in [1.29, 1.82) is 0 Å². The maximum absolute atomic E-state index is 12.7. The Balaban J connectivity index is 1.46. The first-order valence-corrected chi connectivity index (χ1v) is 9.44. The van der Waals surface area contributed by atoms with Gasteiger partial charge >= 0.3 is 0 Å². The van der Waals surface area contributed by atoms with Crippen LogP contribution in [-0.4, -0.2) is 38.0 Å². The number of fused-ring (bicyclic) bond motifs is 1. The molecule has 2 fully saturated rings. The van der Waals surface area contributed by atoms with Crippen LogP contribution in [0.5, 0.6) is 0 Å². The van der Waals surface area contributed by atoms with Gasteiger partial charge in [-0.25, -0.2) is 0 Å². The quantitative estimate of drug-likeness (QED) is 0.670. The Morgan fingerprint density at radius 1 is 1.25 bits per heavy atom. The number of hydrogen-bond donors (Lipinski definition) is 3. The number of hydrogen-bond acceptors (Lipinski definition) is 3. The number of nitrogens with one attached hydrogen (secondary N) is 3. The summed E-state index contributed by atoms with van der Waals surface area (Å²) >= 11 is 3.36. The topological polar surface area (TPSA) is 70.2 Å². The molecule has 0 bridgehead atoms. The molecule has 1 saturated heterocycles. The molecule has 1 aliphatic carbocycles. The van der Waals surface area contributed by atoms with Crippen LogP contribution in [0.15, 0.2) is 28.7 Å². The standard InChI is InChI=1S/C18H24BrN3O2/c19-15-6-3-4-13(10-15)16(23)21-8-9-22-17(24)18-7-2-1-5-14(18)11-20-12-18/h3-4,6,10,14,20H,1-2,5,7-9,11-12H2,(H,21,23)(H,22,24)/t14-,18+/m0/s1. The Kier molecular flexibility index (Phi) is 5.56. The second-order valence-corrected chi connectivity index (χ2v) is 7.67. The van der Waals surface area contributed by atoms with E-state index >= 15 is 0 Å². The van der Waals surface area contributed by atoms with Crippen LogP contribution in [0, 0.1) is 11.3 Å². The highest BCUT2D eigenvalue weighted by atomic mass is 79.9.